The molecule has 2 saturated heterocycles. The van der Waals surface area contributed by atoms with Gasteiger partial charge in [-0.25, -0.2) is 4.79 Å². The van der Waals surface area contributed by atoms with Crippen molar-refractivity contribution in [1.82, 2.24) is 15.5 Å². The van der Waals surface area contributed by atoms with Crippen LogP contribution in [0.2, 0.25) is 0 Å². The van der Waals surface area contributed by atoms with Crippen LogP contribution < -0.4 is 10.6 Å². The maximum absolute atomic E-state index is 12.0. The molecule has 0 aromatic heterocycles. The lowest BCUT2D eigenvalue weighted by Gasteiger charge is -2.32. The quantitative estimate of drug-likeness (QED) is 0.645. The minimum Gasteiger partial charge on any atom is -0.481 e. The normalized spacial score (nSPS) is 27.6. The number of carbonyl (C=O) groups is 3. The van der Waals surface area contributed by atoms with Crippen LogP contribution in [0.5, 0.6) is 0 Å². The van der Waals surface area contributed by atoms with E-state index in [0.29, 0.717) is 32.4 Å². The van der Waals surface area contributed by atoms with Gasteiger partial charge in [-0.3, -0.25) is 9.59 Å². The van der Waals surface area contributed by atoms with Crippen molar-refractivity contribution < 1.29 is 19.5 Å². The van der Waals surface area contributed by atoms with Gasteiger partial charge >= 0.3 is 12.0 Å². The van der Waals surface area contributed by atoms with E-state index in [2.05, 4.69) is 10.6 Å². The molecule has 2 fully saturated rings. The van der Waals surface area contributed by atoms with Crippen LogP contribution in [0.4, 0.5) is 4.79 Å². The van der Waals surface area contributed by atoms with E-state index >= 15 is 0 Å². The van der Waals surface area contributed by atoms with Crippen molar-refractivity contribution in [3.63, 3.8) is 0 Å². The summed E-state index contributed by atoms with van der Waals surface area (Å²) in [6.07, 6.45) is 2.76. The van der Waals surface area contributed by atoms with Crippen LogP contribution >= 0.6 is 0 Å². The predicted octanol–water partition coefficient (Wildman–Crippen LogP) is -0.229. The van der Waals surface area contributed by atoms with Crippen molar-refractivity contribution in [2.75, 3.05) is 19.6 Å². The van der Waals surface area contributed by atoms with E-state index < -0.39 is 17.9 Å². The van der Waals surface area contributed by atoms with E-state index in [0.717, 1.165) is 6.42 Å². The van der Waals surface area contributed by atoms with Crippen molar-refractivity contribution in [3.8, 4) is 0 Å². The summed E-state index contributed by atoms with van der Waals surface area (Å²) in [6, 6.07) is -0.834. The van der Waals surface area contributed by atoms with Gasteiger partial charge in [0.1, 0.15) is 6.04 Å². The monoisotopic (exact) mass is 269 g/mol. The predicted molar refractivity (Wildman–Crippen MR) is 66.5 cm³/mol. The highest BCUT2D eigenvalue weighted by Gasteiger charge is 2.30. The highest BCUT2D eigenvalue weighted by Crippen LogP contribution is 2.17. The van der Waals surface area contributed by atoms with Gasteiger partial charge in [0.2, 0.25) is 5.91 Å². The first kappa shape index (κ1) is 13.6. The lowest BCUT2D eigenvalue weighted by atomic mass is 9.98. The topological polar surface area (TPSA) is 98.7 Å². The average molecular weight is 269 g/mol. The number of aliphatic carboxylic acids is 1. The molecule has 2 aliphatic heterocycles. The lowest BCUT2D eigenvalue weighted by molar-refractivity contribution is -0.143. The lowest BCUT2D eigenvalue weighted by Crippen LogP contribution is -2.55. The Hall–Kier alpha value is -1.79. The third kappa shape index (κ3) is 3.36. The Morgan fingerprint density at radius 1 is 1.32 bits per heavy atom. The van der Waals surface area contributed by atoms with Crippen LogP contribution in [0.1, 0.15) is 25.7 Å². The number of carboxylic acid groups (broad SMARTS) is 1. The van der Waals surface area contributed by atoms with Gasteiger partial charge < -0.3 is 20.6 Å². The number of carbonyl (C=O) groups excluding carboxylic acids is 2. The molecule has 2 rings (SSSR count). The van der Waals surface area contributed by atoms with Gasteiger partial charge in [-0.2, -0.15) is 0 Å². The van der Waals surface area contributed by atoms with Crippen molar-refractivity contribution >= 4 is 17.9 Å². The van der Waals surface area contributed by atoms with Gasteiger partial charge in [-0.15, -0.1) is 0 Å². The zero-order chi connectivity index (χ0) is 13.8. The number of urea groups is 1. The SMILES string of the molecule is O=C1NCCCC1NC(=O)N1CCC[C@H](C(=O)O)C1. The van der Waals surface area contributed by atoms with Crippen molar-refractivity contribution in [2.45, 2.75) is 31.7 Å². The number of nitrogens with zero attached hydrogens (tertiary/aromatic N) is 1. The number of amides is 3. The van der Waals surface area contributed by atoms with Gasteiger partial charge in [0.15, 0.2) is 0 Å². The van der Waals surface area contributed by atoms with Crippen molar-refractivity contribution in [1.29, 1.82) is 0 Å². The minimum atomic E-state index is -0.868. The van der Waals surface area contributed by atoms with Crippen molar-refractivity contribution in [3.05, 3.63) is 0 Å². The third-order valence-corrected chi connectivity index (χ3v) is 3.64. The molecule has 0 aromatic rings. The highest BCUT2D eigenvalue weighted by atomic mass is 16.4. The summed E-state index contributed by atoms with van der Waals surface area (Å²) >= 11 is 0. The Labute approximate surface area is 111 Å². The Morgan fingerprint density at radius 3 is 2.79 bits per heavy atom. The fourth-order valence-electron chi connectivity index (χ4n) is 2.51. The fourth-order valence-corrected chi connectivity index (χ4v) is 2.51. The second kappa shape index (κ2) is 5.90. The van der Waals surface area contributed by atoms with Crippen LogP contribution in [0, 0.1) is 5.92 Å². The molecule has 106 valence electrons. The standard InChI is InChI=1S/C12H19N3O4/c16-10-9(4-1-5-13-10)14-12(19)15-6-2-3-8(7-15)11(17)18/h8-9H,1-7H2,(H,13,16)(H,14,19)(H,17,18)/t8-,9?/m0/s1. The molecule has 0 radical (unpaired) electrons. The second-order valence-electron chi connectivity index (χ2n) is 5.06. The molecule has 7 nitrogen and oxygen atoms in total. The molecule has 2 aliphatic rings. The van der Waals surface area contributed by atoms with Crippen molar-refractivity contribution in [2.24, 2.45) is 5.92 Å². The number of rotatable bonds is 2. The molecule has 2 atom stereocenters. The Balaban J connectivity index is 1.88. The molecule has 0 aliphatic carbocycles. The highest BCUT2D eigenvalue weighted by molar-refractivity contribution is 5.87. The number of carboxylic acids is 1. The number of nitrogens with one attached hydrogen (secondary N) is 2. The van der Waals surface area contributed by atoms with E-state index in [4.69, 9.17) is 5.11 Å². The van der Waals surface area contributed by atoms with E-state index in [9.17, 15) is 14.4 Å². The molecule has 0 saturated carbocycles. The zero-order valence-electron chi connectivity index (χ0n) is 10.7. The zero-order valence-corrected chi connectivity index (χ0v) is 10.7. The molecular weight excluding hydrogens is 250 g/mol. The fraction of sp³-hybridized carbons (Fsp3) is 0.750. The first-order valence-corrected chi connectivity index (χ1v) is 6.64. The van der Waals surface area contributed by atoms with E-state index in [-0.39, 0.29) is 18.5 Å². The third-order valence-electron chi connectivity index (χ3n) is 3.64. The first-order valence-electron chi connectivity index (χ1n) is 6.64. The van der Waals surface area contributed by atoms with E-state index in [1.165, 1.54) is 4.90 Å². The number of hydrogen-bond donors (Lipinski definition) is 3. The van der Waals surface area contributed by atoms with Crippen LogP contribution in [0.3, 0.4) is 0 Å². The molecule has 7 heteroatoms. The average Bonchev–Trinajstić information content (AvgIpc) is 2.41. The maximum atomic E-state index is 12.0. The molecule has 0 aromatic carbocycles. The molecule has 0 bridgehead atoms. The number of likely N-dealkylation sites (tertiary alicyclic amines) is 1. The summed E-state index contributed by atoms with van der Waals surface area (Å²) in [5.41, 5.74) is 0. The summed E-state index contributed by atoms with van der Waals surface area (Å²) in [5.74, 6) is -1.53. The molecule has 19 heavy (non-hydrogen) atoms. The molecule has 3 amide bonds. The van der Waals surface area contributed by atoms with E-state index in [1.807, 2.05) is 0 Å². The first-order chi connectivity index (χ1) is 9.08. The molecular formula is C12H19N3O4. The summed E-state index contributed by atoms with van der Waals surface area (Å²) in [5, 5.41) is 14.4. The molecule has 0 spiro atoms. The second-order valence-corrected chi connectivity index (χ2v) is 5.06. The summed E-state index contributed by atoms with van der Waals surface area (Å²) in [6.45, 7) is 1.41. The van der Waals surface area contributed by atoms with E-state index in [1.54, 1.807) is 0 Å². The van der Waals surface area contributed by atoms with Gasteiger partial charge in [-0.1, -0.05) is 0 Å². The van der Waals surface area contributed by atoms with Gasteiger partial charge in [0.05, 0.1) is 5.92 Å². The smallest absolute Gasteiger partial charge is 0.318 e. The Kier molecular flexibility index (Phi) is 4.24. The summed E-state index contributed by atoms with van der Waals surface area (Å²) in [4.78, 5) is 36.0. The number of hydrogen-bond acceptors (Lipinski definition) is 3. The van der Waals surface area contributed by atoms with Gasteiger partial charge in [0.25, 0.3) is 0 Å². The Bertz CT molecular complexity index is 385. The van der Waals surface area contributed by atoms with Crippen LogP contribution in [-0.2, 0) is 9.59 Å². The Morgan fingerprint density at radius 2 is 2.11 bits per heavy atom. The molecule has 2 heterocycles. The summed E-state index contributed by atoms with van der Waals surface area (Å²) in [7, 11) is 0. The van der Waals surface area contributed by atoms with Gasteiger partial charge in [-0.05, 0) is 25.7 Å². The van der Waals surface area contributed by atoms with Crippen LogP contribution in [-0.4, -0.2) is 53.6 Å². The minimum absolute atomic E-state index is 0.161. The largest absolute Gasteiger partial charge is 0.481 e. The molecule has 1 unspecified atom stereocenters. The van der Waals surface area contributed by atoms with Gasteiger partial charge in [0, 0.05) is 19.6 Å². The summed E-state index contributed by atoms with van der Waals surface area (Å²) < 4.78 is 0. The van der Waals surface area contributed by atoms with Crippen LogP contribution in [0.15, 0.2) is 0 Å². The maximum Gasteiger partial charge on any atom is 0.318 e. The number of piperidine rings is 2. The molecule has 3 N–H and O–H groups in total. The van der Waals surface area contributed by atoms with Crippen LogP contribution in [0.25, 0.3) is 0 Å².